The van der Waals surface area contributed by atoms with E-state index in [9.17, 15) is 4.39 Å². The molecule has 0 aliphatic carbocycles. The Morgan fingerprint density at radius 2 is 1.86 bits per heavy atom. The molecular formula is C18H21BrFN. The molecule has 0 fully saturated rings. The Morgan fingerprint density at radius 3 is 2.48 bits per heavy atom. The zero-order chi connectivity index (χ0) is 15.2. The molecule has 2 aromatic rings. The second-order valence-corrected chi connectivity index (χ2v) is 6.21. The fraction of sp³-hybridized carbons (Fsp3) is 0.333. The third kappa shape index (κ3) is 4.57. The van der Waals surface area contributed by atoms with E-state index >= 15 is 0 Å². The highest BCUT2D eigenvalue weighted by Gasteiger charge is 2.11. The van der Waals surface area contributed by atoms with E-state index in [1.54, 1.807) is 0 Å². The minimum absolute atomic E-state index is 0.188. The van der Waals surface area contributed by atoms with E-state index in [1.165, 1.54) is 17.7 Å². The van der Waals surface area contributed by atoms with Gasteiger partial charge in [-0.2, -0.15) is 0 Å². The van der Waals surface area contributed by atoms with Crippen molar-refractivity contribution in [3.05, 3.63) is 63.9 Å². The van der Waals surface area contributed by atoms with Crippen LogP contribution in [0.2, 0.25) is 0 Å². The molecule has 0 aliphatic rings. The molecule has 112 valence electrons. The maximum Gasteiger partial charge on any atom is 0.123 e. The summed E-state index contributed by atoms with van der Waals surface area (Å²) in [5.41, 5.74) is 3.43. The molecule has 2 rings (SSSR count). The molecule has 0 spiro atoms. The van der Waals surface area contributed by atoms with Crippen LogP contribution in [0.15, 0.2) is 46.9 Å². The van der Waals surface area contributed by atoms with E-state index in [2.05, 4.69) is 53.3 Å². The standard InChI is InChI=1S/C18H21BrFN/c1-3-4-5-18(14-6-8-15(20)9-7-14)21-16-10-11-17(19)13(2)12-16/h6-12,18,21H,3-5H2,1-2H3. The van der Waals surface area contributed by atoms with Crippen molar-refractivity contribution in [2.45, 2.75) is 39.2 Å². The van der Waals surface area contributed by atoms with E-state index in [1.807, 2.05) is 12.1 Å². The highest BCUT2D eigenvalue weighted by atomic mass is 79.9. The molecule has 3 heteroatoms. The first-order chi connectivity index (χ1) is 10.1. The summed E-state index contributed by atoms with van der Waals surface area (Å²) in [6.45, 7) is 4.26. The highest BCUT2D eigenvalue weighted by Crippen LogP contribution is 2.27. The molecule has 2 aromatic carbocycles. The van der Waals surface area contributed by atoms with Gasteiger partial charge in [-0.25, -0.2) is 4.39 Å². The van der Waals surface area contributed by atoms with Crippen molar-refractivity contribution in [3.63, 3.8) is 0 Å². The molecule has 0 heterocycles. The number of rotatable bonds is 6. The maximum absolute atomic E-state index is 13.1. The smallest absolute Gasteiger partial charge is 0.123 e. The molecule has 0 aliphatic heterocycles. The van der Waals surface area contributed by atoms with Gasteiger partial charge in [0.05, 0.1) is 6.04 Å². The molecule has 1 unspecified atom stereocenters. The Hall–Kier alpha value is -1.35. The molecule has 1 nitrogen and oxygen atoms in total. The number of aryl methyl sites for hydroxylation is 1. The van der Waals surface area contributed by atoms with Crippen LogP contribution in [-0.4, -0.2) is 0 Å². The summed E-state index contributed by atoms with van der Waals surface area (Å²) in [7, 11) is 0. The van der Waals surface area contributed by atoms with Crippen LogP contribution in [0.5, 0.6) is 0 Å². The first-order valence-electron chi connectivity index (χ1n) is 7.38. The van der Waals surface area contributed by atoms with Crippen molar-refractivity contribution in [2.24, 2.45) is 0 Å². The number of nitrogens with one attached hydrogen (secondary N) is 1. The van der Waals surface area contributed by atoms with E-state index in [-0.39, 0.29) is 11.9 Å². The Bertz CT molecular complexity index is 580. The van der Waals surface area contributed by atoms with Crippen LogP contribution in [0.25, 0.3) is 0 Å². The number of hydrogen-bond donors (Lipinski definition) is 1. The van der Waals surface area contributed by atoms with Gasteiger partial charge in [-0.3, -0.25) is 0 Å². The van der Waals surface area contributed by atoms with Crippen LogP contribution >= 0.6 is 15.9 Å². The summed E-state index contributed by atoms with van der Waals surface area (Å²) in [6, 6.07) is 13.3. The third-order valence-electron chi connectivity index (χ3n) is 3.62. The molecular weight excluding hydrogens is 329 g/mol. The zero-order valence-corrected chi connectivity index (χ0v) is 14.1. The van der Waals surface area contributed by atoms with Gasteiger partial charge in [-0.05, 0) is 54.8 Å². The number of halogens is 2. The van der Waals surface area contributed by atoms with Gasteiger partial charge >= 0.3 is 0 Å². The number of benzene rings is 2. The van der Waals surface area contributed by atoms with Gasteiger partial charge in [0.25, 0.3) is 0 Å². The van der Waals surface area contributed by atoms with E-state index in [0.29, 0.717) is 0 Å². The summed E-state index contributed by atoms with van der Waals surface area (Å²) in [5, 5.41) is 3.57. The highest BCUT2D eigenvalue weighted by molar-refractivity contribution is 9.10. The van der Waals surface area contributed by atoms with Crippen molar-refractivity contribution in [3.8, 4) is 0 Å². The molecule has 0 radical (unpaired) electrons. The minimum atomic E-state index is -0.188. The second kappa shape index (κ2) is 7.60. The topological polar surface area (TPSA) is 12.0 Å². The minimum Gasteiger partial charge on any atom is -0.378 e. The molecule has 0 saturated carbocycles. The molecule has 1 N–H and O–H groups in total. The quantitative estimate of drug-likeness (QED) is 0.650. The summed E-state index contributed by atoms with van der Waals surface area (Å²) >= 11 is 3.52. The lowest BCUT2D eigenvalue weighted by atomic mass is 10.0. The Morgan fingerprint density at radius 1 is 1.14 bits per heavy atom. The predicted molar refractivity (Wildman–Crippen MR) is 91.2 cm³/mol. The van der Waals surface area contributed by atoms with Crippen LogP contribution in [0.1, 0.15) is 43.4 Å². The van der Waals surface area contributed by atoms with Crippen LogP contribution in [-0.2, 0) is 0 Å². The lowest BCUT2D eigenvalue weighted by molar-refractivity contribution is 0.616. The van der Waals surface area contributed by atoms with Gasteiger partial charge in [0.1, 0.15) is 5.82 Å². The number of anilines is 1. The lowest BCUT2D eigenvalue weighted by Gasteiger charge is -2.21. The van der Waals surface area contributed by atoms with Crippen molar-refractivity contribution in [1.29, 1.82) is 0 Å². The lowest BCUT2D eigenvalue weighted by Crippen LogP contribution is -2.11. The third-order valence-corrected chi connectivity index (χ3v) is 4.51. The summed E-state index contributed by atoms with van der Waals surface area (Å²) < 4.78 is 14.2. The molecule has 0 saturated heterocycles. The maximum atomic E-state index is 13.1. The monoisotopic (exact) mass is 349 g/mol. The van der Waals surface area contributed by atoms with E-state index in [0.717, 1.165) is 35.0 Å². The molecule has 0 amide bonds. The van der Waals surface area contributed by atoms with Crippen LogP contribution in [0, 0.1) is 12.7 Å². The van der Waals surface area contributed by atoms with Crippen LogP contribution < -0.4 is 5.32 Å². The van der Waals surface area contributed by atoms with Gasteiger partial charge in [0.2, 0.25) is 0 Å². The molecule has 0 bridgehead atoms. The molecule has 1 atom stereocenters. The van der Waals surface area contributed by atoms with E-state index in [4.69, 9.17) is 0 Å². The van der Waals surface area contributed by atoms with Crippen LogP contribution in [0.3, 0.4) is 0 Å². The summed E-state index contributed by atoms with van der Waals surface area (Å²) in [5.74, 6) is -0.188. The largest absolute Gasteiger partial charge is 0.378 e. The van der Waals surface area contributed by atoms with Gasteiger partial charge in [-0.15, -0.1) is 0 Å². The molecule has 21 heavy (non-hydrogen) atoms. The van der Waals surface area contributed by atoms with Crippen LogP contribution in [0.4, 0.5) is 10.1 Å². The fourth-order valence-corrected chi connectivity index (χ4v) is 2.61. The van der Waals surface area contributed by atoms with Gasteiger partial charge < -0.3 is 5.32 Å². The number of hydrogen-bond acceptors (Lipinski definition) is 1. The Balaban J connectivity index is 2.19. The Kier molecular flexibility index (Phi) is 5.80. The second-order valence-electron chi connectivity index (χ2n) is 5.35. The van der Waals surface area contributed by atoms with Crippen molar-refractivity contribution < 1.29 is 4.39 Å². The SMILES string of the molecule is CCCCC(Nc1ccc(Br)c(C)c1)c1ccc(F)cc1. The normalized spacial score (nSPS) is 12.2. The number of unbranched alkanes of at least 4 members (excludes halogenated alkanes) is 1. The summed E-state index contributed by atoms with van der Waals surface area (Å²) in [4.78, 5) is 0. The fourth-order valence-electron chi connectivity index (χ4n) is 2.36. The van der Waals surface area contributed by atoms with Crippen molar-refractivity contribution in [1.82, 2.24) is 0 Å². The zero-order valence-electron chi connectivity index (χ0n) is 12.5. The van der Waals surface area contributed by atoms with Crippen molar-refractivity contribution in [2.75, 3.05) is 5.32 Å². The first kappa shape index (κ1) is 16.0. The van der Waals surface area contributed by atoms with Gasteiger partial charge in [-0.1, -0.05) is 47.8 Å². The molecule has 0 aromatic heterocycles. The average molecular weight is 350 g/mol. The summed E-state index contributed by atoms with van der Waals surface area (Å²) in [6.07, 6.45) is 3.33. The van der Waals surface area contributed by atoms with Gasteiger partial charge in [0, 0.05) is 10.2 Å². The first-order valence-corrected chi connectivity index (χ1v) is 8.17. The Labute approximate surface area is 134 Å². The predicted octanol–water partition coefficient (Wildman–Crippen LogP) is 6.24. The average Bonchev–Trinajstić information content (AvgIpc) is 2.48. The van der Waals surface area contributed by atoms with Crippen molar-refractivity contribution >= 4 is 21.6 Å². The van der Waals surface area contributed by atoms with E-state index < -0.39 is 0 Å². The van der Waals surface area contributed by atoms with Gasteiger partial charge in [0.15, 0.2) is 0 Å².